The second-order valence-corrected chi connectivity index (χ2v) is 6.59. The number of nitrogens with one attached hydrogen (secondary N) is 1. The molecule has 0 spiro atoms. The lowest BCUT2D eigenvalue weighted by molar-refractivity contribution is -0.0567. The van der Waals surface area contributed by atoms with Gasteiger partial charge in [-0.2, -0.15) is 0 Å². The fourth-order valence-corrected chi connectivity index (χ4v) is 2.57. The molecule has 0 aliphatic carbocycles. The standard InChI is InChI=1S/C17H38N2O3/c1-3-4-5-6-7-8-9-10-11-12-13-19-17(2,18)16(22)15(21)14-20/h15-16,19-22H,3-14,18H2,1-2H3. The van der Waals surface area contributed by atoms with Crippen molar-refractivity contribution >= 4 is 0 Å². The molecule has 0 aromatic carbocycles. The lowest BCUT2D eigenvalue weighted by atomic mass is 10.0. The maximum Gasteiger partial charge on any atom is 0.113 e. The Labute approximate surface area is 136 Å². The molecular formula is C17H38N2O3. The lowest BCUT2D eigenvalue weighted by Gasteiger charge is -2.33. The number of rotatable bonds is 15. The van der Waals surface area contributed by atoms with Crippen LogP contribution in [-0.2, 0) is 0 Å². The van der Waals surface area contributed by atoms with Crippen LogP contribution in [0.4, 0.5) is 0 Å². The molecule has 0 heterocycles. The summed E-state index contributed by atoms with van der Waals surface area (Å²) in [5, 5.41) is 31.1. The highest BCUT2D eigenvalue weighted by atomic mass is 16.4. The zero-order chi connectivity index (χ0) is 16.8. The van der Waals surface area contributed by atoms with E-state index in [1.165, 1.54) is 51.4 Å². The van der Waals surface area contributed by atoms with E-state index < -0.39 is 24.5 Å². The van der Waals surface area contributed by atoms with Crippen LogP contribution in [0.25, 0.3) is 0 Å². The van der Waals surface area contributed by atoms with Gasteiger partial charge < -0.3 is 21.1 Å². The van der Waals surface area contributed by atoms with Gasteiger partial charge in [-0.1, -0.05) is 64.7 Å². The Kier molecular flexibility index (Phi) is 13.1. The van der Waals surface area contributed by atoms with Gasteiger partial charge in [-0.15, -0.1) is 0 Å². The Balaban J connectivity index is 3.49. The Bertz CT molecular complexity index is 250. The molecule has 5 heteroatoms. The number of aliphatic hydroxyl groups excluding tert-OH is 3. The number of hydrogen-bond acceptors (Lipinski definition) is 5. The fourth-order valence-electron chi connectivity index (χ4n) is 2.57. The number of unbranched alkanes of at least 4 members (excludes halogenated alkanes) is 9. The molecule has 3 unspecified atom stereocenters. The van der Waals surface area contributed by atoms with E-state index in [4.69, 9.17) is 10.8 Å². The van der Waals surface area contributed by atoms with Gasteiger partial charge >= 0.3 is 0 Å². The first-order chi connectivity index (χ1) is 10.5. The third-order valence-corrected chi connectivity index (χ3v) is 4.20. The van der Waals surface area contributed by atoms with E-state index in [-0.39, 0.29) is 0 Å². The molecule has 0 saturated heterocycles. The van der Waals surface area contributed by atoms with Crippen molar-refractivity contribution in [3.63, 3.8) is 0 Å². The molecule has 0 aliphatic heterocycles. The summed E-state index contributed by atoms with van der Waals surface area (Å²) in [6.45, 7) is 4.09. The van der Waals surface area contributed by atoms with Crippen molar-refractivity contribution in [1.29, 1.82) is 0 Å². The predicted octanol–water partition coefficient (Wildman–Crippen LogP) is 1.89. The summed E-state index contributed by atoms with van der Waals surface area (Å²) in [6.07, 6.45) is 10.4. The second kappa shape index (κ2) is 13.3. The summed E-state index contributed by atoms with van der Waals surface area (Å²) < 4.78 is 0. The Morgan fingerprint density at radius 3 is 1.82 bits per heavy atom. The summed E-state index contributed by atoms with van der Waals surface area (Å²) >= 11 is 0. The van der Waals surface area contributed by atoms with Crippen LogP contribution < -0.4 is 11.1 Å². The van der Waals surface area contributed by atoms with E-state index in [0.29, 0.717) is 6.54 Å². The smallest absolute Gasteiger partial charge is 0.113 e. The molecule has 5 nitrogen and oxygen atoms in total. The van der Waals surface area contributed by atoms with Gasteiger partial charge in [0.05, 0.1) is 12.3 Å². The number of hydrogen-bond donors (Lipinski definition) is 5. The second-order valence-electron chi connectivity index (χ2n) is 6.59. The zero-order valence-corrected chi connectivity index (χ0v) is 14.6. The summed E-state index contributed by atoms with van der Waals surface area (Å²) in [5.41, 5.74) is 4.84. The fraction of sp³-hybridized carbons (Fsp3) is 1.00. The van der Waals surface area contributed by atoms with Gasteiger partial charge in [0.2, 0.25) is 0 Å². The predicted molar refractivity (Wildman–Crippen MR) is 91.5 cm³/mol. The van der Waals surface area contributed by atoms with Gasteiger partial charge in [0, 0.05) is 0 Å². The largest absolute Gasteiger partial charge is 0.394 e. The van der Waals surface area contributed by atoms with Crippen LogP contribution in [0.15, 0.2) is 0 Å². The van der Waals surface area contributed by atoms with Crippen molar-refractivity contribution in [3.8, 4) is 0 Å². The molecule has 3 atom stereocenters. The highest BCUT2D eigenvalue weighted by Gasteiger charge is 2.32. The minimum absolute atomic E-state index is 0.492. The average Bonchev–Trinajstić information content (AvgIpc) is 2.51. The summed E-state index contributed by atoms with van der Waals surface area (Å²) in [6, 6.07) is 0. The molecule has 22 heavy (non-hydrogen) atoms. The molecule has 0 aromatic heterocycles. The van der Waals surface area contributed by atoms with E-state index in [9.17, 15) is 10.2 Å². The molecule has 0 rings (SSSR count). The molecule has 134 valence electrons. The normalized spacial score (nSPS) is 17.2. The summed E-state index contributed by atoms with van der Waals surface area (Å²) in [5.74, 6) is 0. The summed E-state index contributed by atoms with van der Waals surface area (Å²) in [4.78, 5) is 0. The van der Waals surface area contributed by atoms with Gasteiger partial charge in [-0.05, 0) is 19.9 Å². The van der Waals surface area contributed by atoms with E-state index in [1.807, 2.05) is 0 Å². The van der Waals surface area contributed by atoms with Crippen LogP contribution in [0.2, 0.25) is 0 Å². The van der Waals surface area contributed by atoms with Crippen molar-refractivity contribution in [2.75, 3.05) is 13.2 Å². The first-order valence-electron chi connectivity index (χ1n) is 8.96. The molecule has 0 fully saturated rings. The quantitative estimate of drug-likeness (QED) is 0.235. The van der Waals surface area contributed by atoms with Crippen molar-refractivity contribution in [1.82, 2.24) is 5.32 Å². The van der Waals surface area contributed by atoms with Gasteiger partial charge in [-0.3, -0.25) is 5.32 Å². The molecule has 0 saturated carbocycles. The van der Waals surface area contributed by atoms with Crippen molar-refractivity contribution in [2.24, 2.45) is 5.73 Å². The maximum atomic E-state index is 9.81. The molecule has 6 N–H and O–H groups in total. The van der Waals surface area contributed by atoms with E-state index in [2.05, 4.69) is 12.2 Å². The van der Waals surface area contributed by atoms with Crippen LogP contribution in [0.3, 0.4) is 0 Å². The first kappa shape index (κ1) is 21.8. The Morgan fingerprint density at radius 2 is 1.36 bits per heavy atom. The van der Waals surface area contributed by atoms with Gasteiger partial charge in [-0.25, -0.2) is 0 Å². The van der Waals surface area contributed by atoms with Crippen molar-refractivity contribution < 1.29 is 15.3 Å². The number of aliphatic hydroxyl groups is 3. The topological polar surface area (TPSA) is 98.7 Å². The Hall–Kier alpha value is -0.200. The van der Waals surface area contributed by atoms with E-state index >= 15 is 0 Å². The third kappa shape index (κ3) is 10.5. The zero-order valence-electron chi connectivity index (χ0n) is 14.6. The minimum atomic E-state index is -1.21. The van der Waals surface area contributed by atoms with Crippen molar-refractivity contribution in [3.05, 3.63) is 0 Å². The van der Waals surface area contributed by atoms with Gasteiger partial charge in [0.25, 0.3) is 0 Å². The van der Waals surface area contributed by atoms with E-state index in [0.717, 1.165) is 12.8 Å². The maximum absolute atomic E-state index is 9.81. The highest BCUT2D eigenvalue weighted by molar-refractivity contribution is 4.88. The van der Waals surface area contributed by atoms with E-state index in [1.54, 1.807) is 6.92 Å². The molecule has 0 aliphatic rings. The SMILES string of the molecule is CCCCCCCCCCCCNC(C)(N)C(O)C(O)CO. The minimum Gasteiger partial charge on any atom is -0.394 e. The van der Waals surface area contributed by atoms with Crippen LogP contribution in [0.5, 0.6) is 0 Å². The number of nitrogens with two attached hydrogens (primary N) is 1. The lowest BCUT2D eigenvalue weighted by Crippen LogP contribution is -2.63. The third-order valence-electron chi connectivity index (χ3n) is 4.20. The average molecular weight is 319 g/mol. The molecule has 0 amide bonds. The van der Waals surface area contributed by atoms with Gasteiger partial charge in [0.15, 0.2) is 0 Å². The Morgan fingerprint density at radius 1 is 0.909 bits per heavy atom. The highest BCUT2D eigenvalue weighted by Crippen LogP contribution is 2.11. The van der Waals surface area contributed by atoms with Crippen LogP contribution in [0, 0.1) is 0 Å². The van der Waals surface area contributed by atoms with Crippen LogP contribution in [-0.4, -0.2) is 46.3 Å². The molecule has 0 radical (unpaired) electrons. The van der Waals surface area contributed by atoms with Crippen LogP contribution in [0.1, 0.15) is 78.1 Å². The molecule has 0 aromatic rings. The summed E-state index contributed by atoms with van der Waals surface area (Å²) in [7, 11) is 0. The van der Waals surface area contributed by atoms with Crippen LogP contribution >= 0.6 is 0 Å². The van der Waals surface area contributed by atoms with Crippen molar-refractivity contribution in [2.45, 2.75) is 95.9 Å². The molecule has 0 bridgehead atoms. The monoisotopic (exact) mass is 318 g/mol. The first-order valence-corrected chi connectivity index (χ1v) is 8.96. The molecular weight excluding hydrogens is 280 g/mol. The van der Waals surface area contributed by atoms with Gasteiger partial charge in [0.1, 0.15) is 12.2 Å².